The molecule has 0 aliphatic carbocycles. The zero-order valence-corrected chi connectivity index (χ0v) is 14.5. The lowest BCUT2D eigenvalue weighted by Crippen LogP contribution is -2.29. The van der Waals surface area contributed by atoms with Crippen LogP contribution in [0.15, 0.2) is 48.5 Å². The van der Waals surface area contributed by atoms with E-state index >= 15 is 0 Å². The summed E-state index contributed by atoms with van der Waals surface area (Å²) < 4.78 is 5.76. The molecule has 5 nitrogen and oxygen atoms in total. The fraction of sp³-hybridized carbons (Fsp3) is 0.300. The lowest BCUT2D eigenvalue weighted by molar-refractivity contribution is -0.137. The molecule has 0 heterocycles. The Labute approximate surface area is 147 Å². The second-order valence-corrected chi connectivity index (χ2v) is 6.22. The second-order valence-electron chi connectivity index (χ2n) is 6.22. The molecule has 2 rings (SSSR count). The number of nitrogens with one attached hydrogen (secondary N) is 1. The van der Waals surface area contributed by atoms with Crippen LogP contribution in [0.5, 0.6) is 5.75 Å². The summed E-state index contributed by atoms with van der Waals surface area (Å²) in [6, 6.07) is 15.0. The van der Waals surface area contributed by atoms with Crippen molar-refractivity contribution < 1.29 is 19.4 Å². The van der Waals surface area contributed by atoms with Crippen LogP contribution in [0.4, 0.5) is 0 Å². The number of rotatable bonds is 8. The van der Waals surface area contributed by atoms with Gasteiger partial charge in [-0.3, -0.25) is 9.59 Å². The number of aliphatic carboxylic acids is 1. The molecule has 25 heavy (non-hydrogen) atoms. The number of hydrogen-bond donors (Lipinski definition) is 2. The van der Waals surface area contributed by atoms with Crippen LogP contribution in [0, 0.1) is 12.8 Å². The summed E-state index contributed by atoms with van der Waals surface area (Å²) in [5, 5.41) is 11.5. The molecular weight excluding hydrogens is 318 g/mol. The fourth-order valence-corrected chi connectivity index (χ4v) is 2.43. The Bertz CT molecular complexity index is 742. The predicted octanol–water partition coefficient (Wildman–Crippen LogP) is 3.41. The summed E-state index contributed by atoms with van der Waals surface area (Å²) in [5.74, 6) is -0.610. The first-order valence-electron chi connectivity index (χ1n) is 8.22. The van der Waals surface area contributed by atoms with Gasteiger partial charge < -0.3 is 15.2 Å². The molecule has 5 heteroatoms. The van der Waals surface area contributed by atoms with Gasteiger partial charge >= 0.3 is 5.97 Å². The second kappa shape index (κ2) is 8.87. The molecule has 0 radical (unpaired) electrons. The van der Waals surface area contributed by atoms with E-state index in [-0.39, 0.29) is 18.2 Å². The minimum Gasteiger partial charge on any atom is -0.489 e. The third-order valence-corrected chi connectivity index (χ3v) is 3.72. The van der Waals surface area contributed by atoms with Crippen LogP contribution in [0.1, 0.15) is 34.8 Å². The first-order valence-corrected chi connectivity index (χ1v) is 8.22. The molecule has 0 aromatic heterocycles. The predicted molar refractivity (Wildman–Crippen MR) is 95.7 cm³/mol. The van der Waals surface area contributed by atoms with Crippen LogP contribution < -0.4 is 10.1 Å². The van der Waals surface area contributed by atoms with Gasteiger partial charge in [-0.15, -0.1) is 0 Å². The van der Waals surface area contributed by atoms with Gasteiger partial charge in [0.15, 0.2) is 0 Å². The van der Waals surface area contributed by atoms with Crippen molar-refractivity contribution >= 4 is 11.9 Å². The first kappa shape index (κ1) is 18.5. The minimum absolute atomic E-state index is 0.0277. The maximum atomic E-state index is 12.2. The molecule has 1 unspecified atom stereocenters. The summed E-state index contributed by atoms with van der Waals surface area (Å²) in [4.78, 5) is 22.8. The number of hydrogen-bond acceptors (Lipinski definition) is 3. The number of benzene rings is 2. The molecule has 0 aliphatic rings. The van der Waals surface area contributed by atoms with E-state index in [9.17, 15) is 9.59 Å². The lowest BCUT2D eigenvalue weighted by atomic mass is 10.1. The maximum Gasteiger partial charge on any atom is 0.303 e. The van der Waals surface area contributed by atoms with Crippen molar-refractivity contribution in [3.8, 4) is 5.75 Å². The molecular formula is C20H23NO4. The molecule has 1 atom stereocenters. The van der Waals surface area contributed by atoms with E-state index in [1.807, 2.05) is 25.1 Å². The topological polar surface area (TPSA) is 75.6 Å². The van der Waals surface area contributed by atoms with Crippen molar-refractivity contribution in [2.75, 3.05) is 6.54 Å². The van der Waals surface area contributed by atoms with E-state index in [0.29, 0.717) is 24.5 Å². The van der Waals surface area contributed by atoms with Gasteiger partial charge in [0.2, 0.25) is 0 Å². The highest BCUT2D eigenvalue weighted by molar-refractivity contribution is 5.94. The summed E-state index contributed by atoms with van der Waals surface area (Å²) in [7, 11) is 0. The SMILES string of the molecule is Cc1cccc(COc2cccc(C(=O)NCC(C)CC(=O)O)c2)c1. The number of amides is 1. The standard InChI is InChI=1S/C20H23NO4/c1-14-5-3-6-16(9-14)13-25-18-8-4-7-17(11-18)20(24)21-12-15(2)10-19(22)23/h3-9,11,15H,10,12-13H2,1-2H3,(H,21,24)(H,22,23). The summed E-state index contributed by atoms with van der Waals surface area (Å²) in [5.41, 5.74) is 2.73. The number of ether oxygens (including phenoxy) is 1. The average molecular weight is 341 g/mol. The zero-order chi connectivity index (χ0) is 18.2. The van der Waals surface area contributed by atoms with E-state index < -0.39 is 5.97 Å². The Morgan fingerprint density at radius 2 is 1.92 bits per heavy atom. The lowest BCUT2D eigenvalue weighted by Gasteiger charge is -2.11. The van der Waals surface area contributed by atoms with Gasteiger partial charge in [0.05, 0.1) is 0 Å². The van der Waals surface area contributed by atoms with Crippen LogP contribution in [-0.4, -0.2) is 23.5 Å². The molecule has 2 N–H and O–H groups in total. The summed E-state index contributed by atoms with van der Waals surface area (Å²) in [6.07, 6.45) is 0.0277. The van der Waals surface area contributed by atoms with E-state index in [2.05, 4.69) is 11.4 Å². The van der Waals surface area contributed by atoms with Gasteiger partial charge in [0, 0.05) is 18.5 Å². The van der Waals surface area contributed by atoms with Gasteiger partial charge in [0.1, 0.15) is 12.4 Å². The van der Waals surface area contributed by atoms with Crippen molar-refractivity contribution in [1.82, 2.24) is 5.32 Å². The quantitative estimate of drug-likeness (QED) is 0.771. The third-order valence-electron chi connectivity index (χ3n) is 3.72. The molecule has 0 saturated heterocycles. The monoisotopic (exact) mass is 341 g/mol. The smallest absolute Gasteiger partial charge is 0.303 e. The Kier molecular flexibility index (Phi) is 6.57. The van der Waals surface area contributed by atoms with Crippen LogP contribution in [0.2, 0.25) is 0 Å². The van der Waals surface area contributed by atoms with Crippen molar-refractivity contribution in [3.63, 3.8) is 0 Å². The molecule has 0 aliphatic heterocycles. The normalized spacial score (nSPS) is 11.6. The highest BCUT2D eigenvalue weighted by Crippen LogP contribution is 2.16. The van der Waals surface area contributed by atoms with Gasteiger partial charge in [-0.25, -0.2) is 0 Å². The zero-order valence-electron chi connectivity index (χ0n) is 14.5. The van der Waals surface area contributed by atoms with E-state index in [1.165, 1.54) is 5.56 Å². The first-order chi connectivity index (χ1) is 11.9. The Hall–Kier alpha value is -2.82. The van der Waals surface area contributed by atoms with Crippen LogP contribution in [-0.2, 0) is 11.4 Å². The molecule has 2 aromatic rings. The van der Waals surface area contributed by atoms with Crippen LogP contribution in [0.3, 0.4) is 0 Å². The van der Waals surface area contributed by atoms with Gasteiger partial charge in [-0.2, -0.15) is 0 Å². The number of carboxylic acid groups (broad SMARTS) is 1. The van der Waals surface area contributed by atoms with Gasteiger partial charge in [-0.1, -0.05) is 42.8 Å². The number of aryl methyl sites for hydroxylation is 1. The van der Waals surface area contributed by atoms with Crippen molar-refractivity contribution in [1.29, 1.82) is 0 Å². The van der Waals surface area contributed by atoms with Gasteiger partial charge in [0.25, 0.3) is 5.91 Å². The molecule has 0 spiro atoms. The highest BCUT2D eigenvalue weighted by Gasteiger charge is 2.11. The van der Waals surface area contributed by atoms with Crippen molar-refractivity contribution in [2.24, 2.45) is 5.92 Å². The van der Waals surface area contributed by atoms with E-state index in [1.54, 1.807) is 31.2 Å². The van der Waals surface area contributed by atoms with Crippen molar-refractivity contribution in [2.45, 2.75) is 26.9 Å². The summed E-state index contributed by atoms with van der Waals surface area (Å²) >= 11 is 0. The minimum atomic E-state index is -0.867. The number of carbonyl (C=O) groups is 2. The molecule has 2 aromatic carbocycles. The molecule has 0 saturated carbocycles. The molecule has 132 valence electrons. The molecule has 1 amide bonds. The fourth-order valence-electron chi connectivity index (χ4n) is 2.43. The molecule has 0 fully saturated rings. The number of carbonyl (C=O) groups excluding carboxylic acids is 1. The largest absolute Gasteiger partial charge is 0.489 e. The molecule has 0 bridgehead atoms. The van der Waals surface area contributed by atoms with E-state index in [0.717, 1.165) is 5.56 Å². The third kappa shape index (κ3) is 6.30. The van der Waals surface area contributed by atoms with Crippen LogP contribution in [0.25, 0.3) is 0 Å². The Morgan fingerprint density at radius 1 is 1.16 bits per heavy atom. The average Bonchev–Trinajstić information content (AvgIpc) is 2.57. The maximum absolute atomic E-state index is 12.2. The summed E-state index contributed by atoms with van der Waals surface area (Å²) in [6.45, 7) is 4.57. The number of carboxylic acids is 1. The Morgan fingerprint density at radius 3 is 2.64 bits per heavy atom. The Balaban J connectivity index is 1.91. The van der Waals surface area contributed by atoms with Crippen LogP contribution >= 0.6 is 0 Å². The highest BCUT2D eigenvalue weighted by atomic mass is 16.5. The van der Waals surface area contributed by atoms with Gasteiger partial charge in [-0.05, 0) is 36.6 Å². The van der Waals surface area contributed by atoms with Crippen molar-refractivity contribution in [3.05, 3.63) is 65.2 Å². The van der Waals surface area contributed by atoms with E-state index in [4.69, 9.17) is 9.84 Å².